The number of hydrogen-bond donors (Lipinski definition) is 2. The normalized spacial score (nSPS) is 11.1. The number of thioether (sulfide) groups is 3. The molecule has 58 heavy (non-hydrogen) atoms. The standard InChI is InChI=1S/C9H11ClNS.C9H10NS.C7H8N3S.C6H5ClN.C4H9O.C3H6BrCl.CH4.K.4Y/c10-4-2-6-12-8-9-3-1-5-11-7-9;1-3-8(7-10-5-1)9-4-2-6-11-9;8-7(9)11-5-6-2-1-3-10-4-6;7-4-6-2-1-3-8-5-6;1-2-3-4-5;4-2-1-3-5;;;;;;/h1,3,7H,2,4,6,8H2;1,3,7,9H,2,4,6H2;1-2,4H,5H2,(H3,8,9);1-2,5H,4H2;2-4H2,1H3;1-3H2;1H4;;;;;/q5*-1;;;+1;;;;. The van der Waals surface area contributed by atoms with Gasteiger partial charge in [-0.2, -0.15) is 72.1 Å². The number of unbranched alkanes of at least 4 members (excludes halogenated alkanes) is 1. The molecular weight excluding hydrogens is 1250 g/mol. The Balaban J connectivity index is -0.000000108. The molecule has 0 saturated carbocycles. The second-order valence-corrected chi connectivity index (χ2v) is 15.5. The largest absolute Gasteiger partial charge is 1.00 e. The average molecular weight is 1300 g/mol. The molecule has 0 spiro atoms. The molecule has 0 bridgehead atoms. The summed E-state index contributed by atoms with van der Waals surface area (Å²) in [5, 5.41) is 18.4. The quantitative estimate of drug-likeness (QED) is 0.0348. The van der Waals surface area contributed by atoms with Gasteiger partial charge in [0.1, 0.15) is 0 Å². The Hall–Kier alpha value is 4.48. The minimum Gasteiger partial charge on any atom is -0.854 e. The van der Waals surface area contributed by atoms with E-state index in [9.17, 15) is 5.11 Å². The summed E-state index contributed by atoms with van der Waals surface area (Å²) in [7, 11) is 0. The molecule has 5 rings (SSSR count). The van der Waals surface area contributed by atoms with Gasteiger partial charge in [0.2, 0.25) is 0 Å². The van der Waals surface area contributed by atoms with E-state index in [4.69, 9.17) is 45.9 Å². The Kier molecular flexibility index (Phi) is 81.3. The third-order valence-electron chi connectivity index (χ3n) is 5.98. The van der Waals surface area contributed by atoms with Gasteiger partial charge in [0.05, 0.1) is 0 Å². The summed E-state index contributed by atoms with van der Waals surface area (Å²) < 4.78 is 0. The van der Waals surface area contributed by atoms with Crippen molar-refractivity contribution in [3.05, 3.63) is 120 Å². The summed E-state index contributed by atoms with van der Waals surface area (Å²) in [6.07, 6.45) is 24.8. The first-order valence-corrected chi connectivity index (χ1v) is 22.6. The molecule has 1 fully saturated rings. The molecule has 1 aliphatic heterocycles. The SMILES string of the molecule is C.CCCC[O-].ClCCCBr.ClCCCSCc1cc[c-]nc1.ClCc1cc[c-]nc1.N=C(N)SCc1cc[c-]nc1.[K+].[Y].[Y].[Y].[Y].[c-]1ccc(C2CCCS2)cn1. The van der Waals surface area contributed by atoms with Crippen molar-refractivity contribution in [1.82, 2.24) is 19.9 Å². The summed E-state index contributed by atoms with van der Waals surface area (Å²) in [4.78, 5) is 15.5. The maximum Gasteiger partial charge on any atom is 1.00 e. The number of nitrogens with two attached hydrogens (primary N) is 1. The monoisotopic (exact) mass is 1300 g/mol. The molecule has 0 aliphatic carbocycles. The van der Waals surface area contributed by atoms with Crippen molar-refractivity contribution in [2.75, 3.05) is 35.2 Å². The summed E-state index contributed by atoms with van der Waals surface area (Å²) in [6, 6.07) is 15.2. The Bertz CT molecular complexity index is 1330. The number of alkyl halides is 4. The van der Waals surface area contributed by atoms with Crippen LogP contribution in [0.2, 0.25) is 0 Å². The molecule has 4 aromatic rings. The molecule has 3 N–H and O–H groups in total. The van der Waals surface area contributed by atoms with E-state index < -0.39 is 0 Å². The Morgan fingerprint density at radius 3 is 1.64 bits per heavy atom. The van der Waals surface area contributed by atoms with Crippen molar-refractivity contribution >= 4 is 91.2 Å². The Labute approximate surface area is 530 Å². The van der Waals surface area contributed by atoms with Gasteiger partial charge in [-0.25, -0.2) is 0 Å². The van der Waals surface area contributed by atoms with E-state index in [0.717, 1.165) is 65.4 Å². The van der Waals surface area contributed by atoms with E-state index in [1.54, 1.807) is 24.5 Å². The van der Waals surface area contributed by atoms with Gasteiger partial charge in [-0.05, 0) is 42.9 Å². The molecule has 0 aromatic carbocycles. The molecule has 1 saturated heterocycles. The van der Waals surface area contributed by atoms with Crippen LogP contribution in [0.25, 0.3) is 0 Å². The number of nitrogens with one attached hydrogen (secondary N) is 1. The van der Waals surface area contributed by atoms with Crippen molar-refractivity contribution in [1.29, 1.82) is 5.41 Å². The number of halogens is 4. The summed E-state index contributed by atoms with van der Waals surface area (Å²) >= 11 is 24.7. The van der Waals surface area contributed by atoms with Crippen LogP contribution in [0.3, 0.4) is 0 Å². The van der Waals surface area contributed by atoms with E-state index in [-0.39, 0.29) is 201 Å². The van der Waals surface area contributed by atoms with Crippen molar-refractivity contribution in [3.63, 3.8) is 0 Å². The number of pyridine rings is 4. The van der Waals surface area contributed by atoms with Crippen LogP contribution in [-0.2, 0) is 148 Å². The van der Waals surface area contributed by atoms with E-state index >= 15 is 0 Å². The van der Waals surface area contributed by atoms with Crippen LogP contribution in [-0.4, -0.2) is 60.3 Å². The first kappa shape index (κ1) is 76.7. The topological polar surface area (TPSA) is 124 Å². The van der Waals surface area contributed by atoms with Crippen LogP contribution in [0, 0.1) is 30.2 Å². The Morgan fingerprint density at radius 1 is 0.828 bits per heavy atom. The first-order chi connectivity index (χ1) is 25.4. The third kappa shape index (κ3) is 51.5. The molecule has 1 atom stereocenters. The fourth-order valence-electron chi connectivity index (χ4n) is 3.37. The average Bonchev–Trinajstić information content (AvgIpc) is 3.75. The zero-order valence-electron chi connectivity index (χ0n) is 32.9. The van der Waals surface area contributed by atoms with Gasteiger partial charge in [0.25, 0.3) is 0 Å². The Morgan fingerprint density at radius 2 is 1.33 bits per heavy atom. The number of amidine groups is 1. The summed E-state index contributed by atoms with van der Waals surface area (Å²) in [5.41, 5.74) is 9.87. The van der Waals surface area contributed by atoms with E-state index in [1.807, 2.05) is 73.2 Å². The number of hydrogen-bond acceptors (Lipinski definition) is 9. The second-order valence-electron chi connectivity index (χ2n) is 10.3. The molecule has 4 radical (unpaired) electrons. The molecule has 7 nitrogen and oxygen atoms in total. The van der Waals surface area contributed by atoms with Crippen LogP contribution in [0.5, 0.6) is 0 Å². The number of aromatic nitrogens is 4. The molecular formula is C39H53BrCl3KN6OS3Y4-4. The summed E-state index contributed by atoms with van der Waals surface area (Å²) in [6.45, 7) is 2.11. The van der Waals surface area contributed by atoms with Gasteiger partial charge in [-0.3, -0.25) is 5.41 Å². The van der Waals surface area contributed by atoms with Crippen molar-refractivity contribution in [2.45, 2.75) is 75.5 Å². The zero-order chi connectivity index (χ0) is 38.3. The number of nitrogens with zero attached hydrogens (tertiary/aromatic N) is 4. The van der Waals surface area contributed by atoms with Crippen LogP contribution >= 0.6 is 86.0 Å². The minimum absolute atomic E-state index is 0. The third-order valence-corrected chi connectivity index (χ3v) is 10.7. The van der Waals surface area contributed by atoms with Crippen LogP contribution in [0.15, 0.2) is 73.3 Å². The van der Waals surface area contributed by atoms with E-state index in [2.05, 4.69) is 66.7 Å². The molecule has 5 heterocycles. The fourth-order valence-corrected chi connectivity index (χ4v) is 7.23. The van der Waals surface area contributed by atoms with Crippen LogP contribution < -0.4 is 62.2 Å². The van der Waals surface area contributed by atoms with Crippen molar-refractivity contribution in [2.24, 2.45) is 5.73 Å². The molecule has 1 aliphatic rings. The minimum atomic E-state index is 0. The van der Waals surface area contributed by atoms with Crippen molar-refractivity contribution in [3.8, 4) is 0 Å². The molecule has 4 aromatic heterocycles. The van der Waals surface area contributed by atoms with Gasteiger partial charge in [-0.15, -0.1) is 63.7 Å². The van der Waals surface area contributed by atoms with Gasteiger partial charge < -0.3 is 30.8 Å². The molecule has 308 valence electrons. The summed E-state index contributed by atoms with van der Waals surface area (Å²) in [5.74, 6) is 6.22. The van der Waals surface area contributed by atoms with Gasteiger partial charge in [-0.1, -0.05) is 104 Å². The molecule has 1 unspecified atom stereocenters. The molecule has 0 amide bonds. The smallest absolute Gasteiger partial charge is 0.854 e. The zero-order valence-corrected chi connectivity index (χ0v) is 53.7. The first-order valence-electron chi connectivity index (χ1n) is 16.7. The van der Waals surface area contributed by atoms with Crippen molar-refractivity contribution < 1.29 is 187 Å². The van der Waals surface area contributed by atoms with Crippen LogP contribution in [0.1, 0.15) is 80.4 Å². The predicted octanol–water partition coefficient (Wildman–Crippen LogP) is 7.61. The van der Waals surface area contributed by atoms with Gasteiger partial charge in [0, 0.05) is 165 Å². The predicted molar refractivity (Wildman–Crippen MR) is 237 cm³/mol. The van der Waals surface area contributed by atoms with E-state index in [0.29, 0.717) is 16.9 Å². The van der Waals surface area contributed by atoms with Gasteiger partial charge in [0.15, 0.2) is 5.17 Å². The van der Waals surface area contributed by atoms with E-state index in [1.165, 1.54) is 41.5 Å². The second kappa shape index (κ2) is 61.5. The van der Waals surface area contributed by atoms with Gasteiger partial charge >= 0.3 is 51.4 Å². The maximum absolute atomic E-state index is 9.53. The maximum atomic E-state index is 9.53. The fraction of sp³-hybridized carbons (Fsp3) is 0.462. The van der Waals surface area contributed by atoms with Crippen LogP contribution in [0.4, 0.5) is 0 Å². The number of rotatable bonds is 13. The molecule has 19 heteroatoms.